The fourth-order valence-corrected chi connectivity index (χ4v) is 1.57. The number of piperidine rings is 1. The molecule has 0 saturated carbocycles. The minimum absolute atomic E-state index is 0.489. The van der Waals surface area contributed by atoms with Gasteiger partial charge >= 0.3 is 0 Å². The largest absolute Gasteiger partial charge is 0.317 e. The second kappa shape index (κ2) is 5.75. The Morgan fingerprint density at radius 1 is 1.50 bits per heavy atom. The van der Waals surface area contributed by atoms with Crippen LogP contribution in [-0.2, 0) is 0 Å². The Balaban J connectivity index is 2.59. The molecule has 0 radical (unpaired) electrons. The molecule has 0 aromatic carbocycles. The fraction of sp³-hybridized carbons (Fsp3) is 0.800. The summed E-state index contributed by atoms with van der Waals surface area (Å²) >= 11 is 0. The van der Waals surface area contributed by atoms with E-state index >= 15 is 0 Å². The SMILES string of the molecule is C=N/C(=N\N(C)CC)C1CCNCC1. The average molecular weight is 196 g/mol. The number of nitrogens with zero attached hydrogens (tertiary/aromatic N) is 3. The minimum Gasteiger partial charge on any atom is -0.317 e. The predicted octanol–water partition coefficient (Wildman–Crippen LogP) is 0.952. The monoisotopic (exact) mass is 196 g/mol. The Bertz CT molecular complexity index is 206. The highest BCUT2D eigenvalue weighted by atomic mass is 15.4. The lowest BCUT2D eigenvalue weighted by Crippen LogP contribution is -2.32. The van der Waals surface area contributed by atoms with Gasteiger partial charge in [0.2, 0.25) is 0 Å². The first-order chi connectivity index (χ1) is 6.77. The van der Waals surface area contributed by atoms with Gasteiger partial charge in [-0.25, -0.2) is 4.99 Å². The van der Waals surface area contributed by atoms with Gasteiger partial charge in [0.25, 0.3) is 0 Å². The maximum absolute atomic E-state index is 4.43. The Morgan fingerprint density at radius 2 is 2.14 bits per heavy atom. The van der Waals surface area contributed by atoms with Gasteiger partial charge in [0.1, 0.15) is 0 Å². The van der Waals surface area contributed by atoms with Crippen molar-refractivity contribution < 1.29 is 0 Å². The van der Waals surface area contributed by atoms with Gasteiger partial charge in [-0.3, -0.25) is 5.01 Å². The van der Waals surface area contributed by atoms with E-state index in [-0.39, 0.29) is 0 Å². The van der Waals surface area contributed by atoms with Crippen LogP contribution in [0, 0.1) is 5.92 Å². The van der Waals surface area contributed by atoms with Crippen LogP contribution in [0.1, 0.15) is 19.8 Å². The van der Waals surface area contributed by atoms with E-state index in [4.69, 9.17) is 0 Å². The molecule has 1 heterocycles. The molecule has 1 rings (SSSR count). The highest BCUT2D eigenvalue weighted by molar-refractivity contribution is 5.88. The standard InChI is InChI=1S/C10H20N4/c1-4-14(3)13-10(11-2)9-5-7-12-8-6-9/h9,12H,2,4-8H2,1,3H3/b13-10-. The van der Waals surface area contributed by atoms with E-state index in [0.717, 1.165) is 38.3 Å². The summed E-state index contributed by atoms with van der Waals surface area (Å²) in [6.07, 6.45) is 2.24. The molecule has 0 aliphatic carbocycles. The quantitative estimate of drug-likeness (QED) is 0.415. The summed E-state index contributed by atoms with van der Waals surface area (Å²) < 4.78 is 0. The Labute approximate surface area is 86.1 Å². The van der Waals surface area contributed by atoms with Crippen molar-refractivity contribution in [2.45, 2.75) is 19.8 Å². The highest BCUT2D eigenvalue weighted by Gasteiger charge is 2.18. The predicted molar refractivity (Wildman–Crippen MR) is 60.9 cm³/mol. The molecule has 1 aliphatic heterocycles. The maximum atomic E-state index is 4.43. The van der Waals surface area contributed by atoms with Gasteiger partial charge in [-0.2, -0.15) is 5.10 Å². The summed E-state index contributed by atoms with van der Waals surface area (Å²) in [4.78, 5) is 4.03. The lowest BCUT2D eigenvalue weighted by atomic mass is 9.97. The molecule has 14 heavy (non-hydrogen) atoms. The molecule has 1 fully saturated rings. The third-order valence-electron chi connectivity index (χ3n) is 2.60. The van der Waals surface area contributed by atoms with E-state index in [9.17, 15) is 0 Å². The van der Waals surface area contributed by atoms with Gasteiger partial charge in [0.05, 0.1) is 0 Å². The molecule has 0 amide bonds. The van der Waals surface area contributed by atoms with E-state index in [1.165, 1.54) is 0 Å². The van der Waals surface area contributed by atoms with Crippen molar-refractivity contribution in [3.63, 3.8) is 0 Å². The first-order valence-electron chi connectivity index (χ1n) is 5.25. The van der Waals surface area contributed by atoms with E-state index in [1.807, 2.05) is 12.1 Å². The lowest BCUT2D eigenvalue weighted by Gasteiger charge is -2.23. The molecule has 1 saturated heterocycles. The van der Waals surface area contributed by atoms with Crippen molar-refractivity contribution in [1.29, 1.82) is 0 Å². The van der Waals surface area contributed by atoms with Crippen LogP contribution in [-0.4, -0.2) is 44.2 Å². The summed E-state index contributed by atoms with van der Waals surface area (Å²) in [5.74, 6) is 1.39. The van der Waals surface area contributed by atoms with Crippen LogP contribution >= 0.6 is 0 Å². The van der Waals surface area contributed by atoms with Crippen LogP contribution in [0.5, 0.6) is 0 Å². The van der Waals surface area contributed by atoms with Crippen LogP contribution in [0.25, 0.3) is 0 Å². The summed E-state index contributed by atoms with van der Waals surface area (Å²) in [7, 11) is 1.96. The van der Waals surface area contributed by atoms with Crippen molar-refractivity contribution in [3.05, 3.63) is 0 Å². The Hall–Kier alpha value is -0.900. The Morgan fingerprint density at radius 3 is 2.64 bits per heavy atom. The number of aliphatic imine (C=N–C) groups is 1. The number of hydrogen-bond donors (Lipinski definition) is 1. The molecule has 0 aromatic heterocycles. The van der Waals surface area contributed by atoms with E-state index in [2.05, 4.69) is 29.1 Å². The molecule has 0 atom stereocenters. The second-order valence-electron chi connectivity index (χ2n) is 3.61. The number of rotatable bonds is 3. The zero-order chi connectivity index (χ0) is 10.4. The molecule has 1 aliphatic rings. The lowest BCUT2D eigenvalue weighted by molar-refractivity contribution is 0.364. The van der Waals surface area contributed by atoms with Crippen LogP contribution < -0.4 is 5.32 Å². The highest BCUT2D eigenvalue weighted by Crippen LogP contribution is 2.14. The summed E-state index contributed by atoms with van der Waals surface area (Å²) in [6.45, 7) is 8.71. The first-order valence-corrected chi connectivity index (χ1v) is 5.25. The van der Waals surface area contributed by atoms with Crippen LogP contribution in [0.2, 0.25) is 0 Å². The molecule has 4 nitrogen and oxygen atoms in total. The summed E-state index contributed by atoms with van der Waals surface area (Å²) in [6, 6.07) is 0. The van der Waals surface area contributed by atoms with E-state index < -0.39 is 0 Å². The number of hydrazone groups is 1. The van der Waals surface area contributed by atoms with Crippen LogP contribution in [0.3, 0.4) is 0 Å². The molecule has 0 bridgehead atoms. The van der Waals surface area contributed by atoms with E-state index in [0.29, 0.717) is 5.92 Å². The molecular formula is C10H20N4. The number of amidine groups is 1. The number of hydrogen-bond acceptors (Lipinski definition) is 3. The van der Waals surface area contributed by atoms with Gasteiger partial charge < -0.3 is 5.32 Å². The first kappa shape index (κ1) is 11.2. The maximum Gasteiger partial charge on any atom is 0.150 e. The fourth-order valence-electron chi connectivity index (χ4n) is 1.57. The molecule has 1 N–H and O–H groups in total. The third-order valence-corrected chi connectivity index (χ3v) is 2.60. The molecule has 80 valence electrons. The summed E-state index contributed by atoms with van der Waals surface area (Å²) in [5, 5.41) is 9.67. The third kappa shape index (κ3) is 3.10. The zero-order valence-corrected chi connectivity index (χ0v) is 9.16. The number of nitrogens with one attached hydrogen (secondary N) is 1. The average Bonchev–Trinajstić information content (AvgIpc) is 2.26. The summed E-state index contributed by atoms with van der Waals surface area (Å²) in [5.41, 5.74) is 0. The molecular weight excluding hydrogens is 176 g/mol. The van der Waals surface area contributed by atoms with Crippen molar-refractivity contribution in [2.75, 3.05) is 26.7 Å². The van der Waals surface area contributed by atoms with Gasteiger partial charge in [-0.1, -0.05) is 0 Å². The van der Waals surface area contributed by atoms with Gasteiger partial charge in [0.15, 0.2) is 5.84 Å². The molecule has 0 aromatic rings. The topological polar surface area (TPSA) is 40.0 Å². The Kier molecular flexibility index (Phi) is 4.59. The minimum atomic E-state index is 0.489. The van der Waals surface area contributed by atoms with Crippen LogP contribution in [0.4, 0.5) is 0 Å². The van der Waals surface area contributed by atoms with Crippen LogP contribution in [0.15, 0.2) is 10.1 Å². The molecule has 4 heteroatoms. The van der Waals surface area contributed by atoms with Crippen molar-refractivity contribution >= 4 is 12.6 Å². The molecule has 0 spiro atoms. The second-order valence-corrected chi connectivity index (χ2v) is 3.61. The van der Waals surface area contributed by atoms with E-state index in [1.54, 1.807) is 0 Å². The smallest absolute Gasteiger partial charge is 0.150 e. The zero-order valence-electron chi connectivity index (χ0n) is 9.16. The van der Waals surface area contributed by atoms with Crippen molar-refractivity contribution in [2.24, 2.45) is 16.0 Å². The van der Waals surface area contributed by atoms with Gasteiger partial charge in [-0.15, -0.1) is 0 Å². The molecule has 0 unspecified atom stereocenters. The van der Waals surface area contributed by atoms with Crippen molar-refractivity contribution in [1.82, 2.24) is 10.3 Å². The van der Waals surface area contributed by atoms with Gasteiger partial charge in [-0.05, 0) is 39.6 Å². The normalized spacial score (nSPS) is 19.4. The van der Waals surface area contributed by atoms with Crippen molar-refractivity contribution in [3.8, 4) is 0 Å². The van der Waals surface area contributed by atoms with Gasteiger partial charge in [0, 0.05) is 19.5 Å².